The largest absolute Gasteiger partial charge is 0.340 e. The zero-order chi connectivity index (χ0) is 19.3. The van der Waals surface area contributed by atoms with E-state index in [0.29, 0.717) is 6.04 Å². The van der Waals surface area contributed by atoms with Gasteiger partial charge in [0.05, 0.1) is 5.41 Å². The van der Waals surface area contributed by atoms with Crippen LogP contribution in [0.25, 0.3) is 0 Å². The number of piperidine rings is 1. The Bertz CT molecular complexity index is 730. The van der Waals surface area contributed by atoms with Gasteiger partial charge in [-0.3, -0.25) is 9.78 Å². The van der Waals surface area contributed by atoms with Crippen molar-refractivity contribution in [3.63, 3.8) is 0 Å². The van der Waals surface area contributed by atoms with E-state index in [1.54, 1.807) is 0 Å². The third-order valence-electron chi connectivity index (χ3n) is 5.78. The van der Waals surface area contributed by atoms with Crippen LogP contribution in [-0.4, -0.2) is 53.4 Å². The molecule has 2 heterocycles. The van der Waals surface area contributed by atoms with E-state index in [0.717, 1.165) is 50.2 Å². The SMILES string of the molecule is CN(CCc1ccccn1)C1CCCN(C(=O)C(C)(C)c2ccccc2)C1. The van der Waals surface area contributed by atoms with Gasteiger partial charge in [0, 0.05) is 44.0 Å². The van der Waals surface area contributed by atoms with Crippen LogP contribution in [0.3, 0.4) is 0 Å². The van der Waals surface area contributed by atoms with Gasteiger partial charge in [-0.25, -0.2) is 0 Å². The van der Waals surface area contributed by atoms with Crippen molar-refractivity contribution in [1.29, 1.82) is 0 Å². The first kappa shape index (κ1) is 19.6. The normalized spacial score (nSPS) is 17.9. The fraction of sp³-hybridized carbons (Fsp3) is 0.478. The molecule has 1 aliphatic heterocycles. The van der Waals surface area contributed by atoms with Crippen LogP contribution in [0.5, 0.6) is 0 Å². The number of likely N-dealkylation sites (tertiary alicyclic amines) is 1. The zero-order valence-corrected chi connectivity index (χ0v) is 16.8. The molecule has 0 radical (unpaired) electrons. The number of benzene rings is 1. The van der Waals surface area contributed by atoms with E-state index in [9.17, 15) is 4.79 Å². The Kier molecular flexibility index (Phi) is 6.27. The van der Waals surface area contributed by atoms with E-state index in [4.69, 9.17) is 0 Å². The third kappa shape index (κ3) is 4.75. The summed E-state index contributed by atoms with van der Waals surface area (Å²) < 4.78 is 0. The van der Waals surface area contributed by atoms with Crippen molar-refractivity contribution in [3.8, 4) is 0 Å². The van der Waals surface area contributed by atoms with Gasteiger partial charge in [-0.2, -0.15) is 0 Å². The standard InChI is InChI=1S/C23H31N3O/c1-23(2,19-10-5-4-6-11-19)22(27)26-16-9-13-21(18-26)25(3)17-14-20-12-7-8-15-24-20/h4-8,10-12,15,21H,9,13-14,16-18H2,1-3H3. The third-order valence-corrected chi connectivity index (χ3v) is 5.78. The van der Waals surface area contributed by atoms with E-state index < -0.39 is 5.41 Å². The number of rotatable bonds is 6. The maximum absolute atomic E-state index is 13.3. The van der Waals surface area contributed by atoms with Crippen molar-refractivity contribution >= 4 is 5.91 Å². The van der Waals surface area contributed by atoms with Gasteiger partial charge in [0.2, 0.25) is 5.91 Å². The number of amides is 1. The lowest BCUT2D eigenvalue weighted by molar-refractivity contribution is -0.138. The minimum atomic E-state index is -0.490. The number of hydrogen-bond acceptors (Lipinski definition) is 3. The van der Waals surface area contributed by atoms with Gasteiger partial charge in [0.15, 0.2) is 0 Å². The topological polar surface area (TPSA) is 36.4 Å². The molecule has 3 rings (SSSR count). The van der Waals surface area contributed by atoms with Crippen LogP contribution < -0.4 is 0 Å². The Morgan fingerprint density at radius 1 is 1.19 bits per heavy atom. The monoisotopic (exact) mass is 365 g/mol. The summed E-state index contributed by atoms with van der Waals surface area (Å²) in [5, 5.41) is 0. The van der Waals surface area contributed by atoms with E-state index in [-0.39, 0.29) is 5.91 Å². The second-order valence-corrected chi connectivity index (χ2v) is 8.09. The minimum Gasteiger partial charge on any atom is -0.340 e. The van der Waals surface area contributed by atoms with Gasteiger partial charge < -0.3 is 9.80 Å². The average Bonchev–Trinajstić information content (AvgIpc) is 2.73. The number of carbonyl (C=O) groups is 1. The summed E-state index contributed by atoms with van der Waals surface area (Å²) >= 11 is 0. The van der Waals surface area contributed by atoms with Gasteiger partial charge in [0.25, 0.3) is 0 Å². The average molecular weight is 366 g/mol. The summed E-state index contributed by atoms with van der Waals surface area (Å²) in [6.45, 7) is 6.72. The van der Waals surface area contributed by atoms with Crippen LogP contribution in [0.2, 0.25) is 0 Å². The van der Waals surface area contributed by atoms with Gasteiger partial charge in [-0.15, -0.1) is 0 Å². The molecule has 1 atom stereocenters. The molecule has 0 spiro atoms. The van der Waals surface area contributed by atoms with Crippen molar-refractivity contribution in [2.24, 2.45) is 0 Å². The van der Waals surface area contributed by atoms with Crippen LogP contribution >= 0.6 is 0 Å². The van der Waals surface area contributed by atoms with Gasteiger partial charge in [0.1, 0.15) is 0 Å². The molecule has 0 saturated carbocycles. The smallest absolute Gasteiger partial charge is 0.232 e. The Morgan fingerprint density at radius 2 is 1.93 bits per heavy atom. The second-order valence-electron chi connectivity index (χ2n) is 8.09. The lowest BCUT2D eigenvalue weighted by atomic mass is 9.82. The molecule has 4 heteroatoms. The number of aromatic nitrogens is 1. The van der Waals surface area contributed by atoms with Crippen LogP contribution in [0, 0.1) is 0 Å². The van der Waals surface area contributed by atoms with Crippen molar-refractivity contribution in [3.05, 3.63) is 66.0 Å². The molecule has 1 amide bonds. The van der Waals surface area contributed by atoms with E-state index in [1.165, 1.54) is 0 Å². The zero-order valence-electron chi connectivity index (χ0n) is 16.8. The number of nitrogens with zero attached hydrogens (tertiary/aromatic N) is 3. The fourth-order valence-corrected chi connectivity index (χ4v) is 3.89. The maximum Gasteiger partial charge on any atom is 0.232 e. The lowest BCUT2D eigenvalue weighted by Crippen LogP contribution is -2.53. The quantitative estimate of drug-likeness (QED) is 0.786. The molecule has 1 aromatic carbocycles. The van der Waals surface area contributed by atoms with Crippen LogP contribution in [0.4, 0.5) is 0 Å². The number of carbonyl (C=O) groups excluding carboxylic acids is 1. The maximum atomic E-state index is 13.3. The molecule has 1 aromatic heterocycles. The highest BCUT2D eigenvalue weighted by Crippen LogP contribution is 2.27. The van der Waals surface area contributed by atoms with Crippen LogP contribution in [0.1, 0.15) is 37.9 Å². The van der Waals surface area contributed by atoms with Gasteiger partial charge >= 0.3 is 0 Å². The van der Waals surface area contributed by atoms with Crippen molar-refractivity contribution in [1.82, 2.24) is 14.8 Å². The summed E-state index contributed by atoms with van der Waals surface area (Å²) in [5.41, 5.74) is 1.72. The number of hydrogen-bond donors (Lipinski definition) is 0. The molecule has 1 fully saturated rings. The number of pyridine rings is 1. The second kappa shape index (κ2) is 8.66. The van der Waals surface area contributed by atoms with E-state index >= 15 is 0 Å². The molecular formula is C23H31N3O. The number of likely N-dealkylation sites (N-methyl/N-ethyl adjacent to an activating group) is 1. The van der Waals surface area contributed by atoms with Crippen molar-refractivity contribution in [2.75, 3.05) is 26.7 Å². The highest BCUT2D eigenvalue weighted by atomic mass is 16.2. The molecular weight excluding hydrogens is 334 g/mol. The first-order valence-corrected chi connectivity index (χ1v) is 9.93. The summed E-state index contributed by atoms with van der Waals surface area (Å²) in [7, 11) is 2.17. The molecule has 144 valence electrons. The van der Waals surface area contributed by atoms with Gasteiger partial charge in [-0.05, 0) is 51.4 Å². The molecule has 2 aromatic rings. The van der Waals surface area contributed by atoms with Gasteiger partial charge in [-0.1, -0.05) is 36.4 Å². The van der Waals surface area contributed by atoms with E-state index in [2.05, 4.69) is 40.0 Å². The first-order chi connectivity index (χ1) is 13.0. The fourth-order valence-electron chi connectivity index (χ4n) is 3.89. The predicted octanol–water partition coefficient (Wildman–Crippen LogP) is 3.52. The van der Waals surface area contributed by atoms with Crippen LogP contribution in [0.15, 0.2) is 54.7 Å². The molecule has 4 nitrogen and oxygen atoms in total. The molecule has 0 N–H and O–H groups in total. The molecule has 0 bridgehead atoms. The molecule has 0 aliphatic carbocycles. The molecule has 1 aliphatic rings. The minimum absolute atomic E-state index is 0.233. The highest BCUT2D eigenvalue weighted by molar-refractivity contribution is 5.87. The first-order valence-electron chi connectivity index (χ1n) is 9.93. The predicted molar refractivity (Wildman–Crippen MR) is 110 cm³/mol. The lowest BCUT2D eigenvalue weighted by Gasteiger charge is -2.41. The van der Waals surface area contributed by atoms with E-state index in [1.807, 2.05) is 50.4 Å². The summed E-state index contributed by atoms with van der Waals surface area (Å²) in [4.78, 5) is 22.1. The van der Waals surface area contributed by atoms with Crippen LogP contribution in [-0.2, 0) is 16.6 Å². The summed E-state index contributed by atoms with van der Waals surface area (Å²) in [6.07, 6.45) is 5.00. The highest BCUT2D eigenvalue weighted by Gasteiger charge is 2.36. The summed E-state index contributed by atoms with van der Waals surface area (Å²) in [6, 6.07) is 16.6. The Hall–Kier alpha value is -2.20. The molecule has 1 saturated heterocycles. The molecule has 27 heavy (non-hydrogen) atoms. The Morgan fingerprint density at radius 3 is 2.63 bits per heavy atom. The Balaban J connectivity index is 1.60. The Labute approximate surface area is 163 Å². The van der Waals surface area contributed by atoms with Crippen molar-refractivity contribution in [2.45, 2.75) is 44.6 Å². The van der Waals surface area contributed by atoms with Crippen molar-refractivity contribution < 1.29 is 4.79 Å². The summed E-state index contributed by atoms with van der Waals surface area (Å²) in [5.74, 6) is 0.233. The molecule has 1 unspecified atom stereocenters.